The first-order valence-electron chi connectivity index (χ1n) is 8.32. The Labute approximate surface area is 144 Å². The molecule has 0 unspecified atom stereocenters. The maximum absolute atomic E-state index is 10.5. The van der Waals surface area contributed by atoms with Crippen LogP contribution in [0.1, 0.15) is 51.0 Å². The van der Waals surface area contributed by atoms with Crippen molar-refractivity contribution >= 4 is 12.0 Å². The van der Waals surface area contributed by atoms with Crippen LogP contribution in [-0.2, 0) is 4.79 Å². The molecule has 134 valence electrons. The zero-order chi connectivity index (χ0) is 17.9. The molecule has 0 bridgehead atoms. The number of benzene rings is 1. The number of carboxylic acid groups (broad SMARTS) is 1. The maximum atomic E-state index is 10.5. The van der Waals surface area contributed by atoms with Crippen LogP contribution in [0.25, 0.3) is 6.08 Å². The molecule has 0 amide bonds. The normalized spacial score (nSPS) is 15.2. The number of nitrogens with two attached hydrogens (primary N) is 1. The summed E-state index contributed by atoms with van der Waals surface area (Å²) in [6.45, 7) is 1.78. The van der Waals surface area contributed by atoms with Gasteiger partial charge in [0.2, 0.25) is 0 Å². The van der Waals surface area contributed by atoms with Gasteiger partial charge in [-0.15, -0.1) is 0 Å². The number of rotatable bonds is 5. The van der Waals surface area contributed by atoms with Gasteiger partial charge in [-0.2, -0.15) is 0 Å². The third kappa shape index (κ3) is 7.51. The third-order valence-electron chi connectivity index (χ3n) is 3.90. The molecule has 2 rings (SSSR count). The number of aliphatic carboxylic acids is 1. The minimum Gasteiger partial charge on any atom is -0.493 e. The summed E-state index contributed by atoms with van der Waals surface area (Å²) < 4.78 is 10.3. The fourth-order valence-corrected chi connectivity index (χ4v) is 2.65. The topological polar surface area (TPSA) is 81.8 Å². The molecule has 1 aliphatic rings. The van der Waals surface area contributed by atoms with E-state index >= 15 is 0 Å². The molecule has 5 nitrogen and oxygen atoms in total. The fourth-order valence-electron chi connectivity index (χ4n) is 2.65. The number of hydrogen-bond acceptors (Lipinski definition) is 4. The van der Waals surface area contributed by atoms with Crippen LogP contribution in [0.4, 0.5) is 0 Å². The second kappa shape index (κ2) is 10.7. The molecule has 24 heavy (non-hydrogen) atoms. The lowest BCUT2D eigenvalue weighted by Crippen LogP contribution is -2.22. The number of carboxylic acids is 1. The average Bonchev–Trinajstić information content (AvgIpc) is 2.55. The van der Waals surface area contributed by atoms with Crippen molar-refractivity contribution in [3.05, 3.63) is 29.3 Å². The van der Waals surface area contributed by atoms with Gasteiger partial charge in [-0.25, -0.2) is 0 Å². The highest BCUT2D eigenvalue weighted by Gasteiger charge is 2.06. The van der Waals surface area contributed by atoms with E-state index in [1.807, 2.05) is 18.2 Å². The van der Waals surface area contributed by atoms with E-state index in [4.69, 9.17) is 20.3 Å². The van der Waals surface area contributed by atoms with Gasteiger partial charge < -0.3 is 20.3 Å². The zero-order valence-corrected chi connectivity index (χ0v) is 14.9. The fraction of sp³-hybridized carbons (Fsp3) is 0.526. The Kier molecular flexibility index (Phi) is 8.94. The highest BCUT2D eigenvalue weighted by Crippen LogP contribution is 2.28. The van der Waals surface area contributed by atoms with Crippen LogP contribution < -0.4 is 15.2 Å². The maximum Gasteiger partial charge on any atom is 0.307 e. The van der Waals surface area contributed by atoms with Crippen molar-refractivity contribution < 1.29 is 19.4 Å². The highest BCUT2D eigenvalue weighted by atomic mass is 16.5. The van der Waals surface area contributed by atoms with Gasteiger partial charge in [0.1, 0.15) is 0 Å². The van der Waals surface area contributed by atoms with E-state index in [-0.39, 0.29) is 6.42 Å². The largest absolute Gasteiger partial charge is 0.493 e. The molecule has 0 atom stereocenters. The first kappa shape index (κ1) is 20.0. The second-order valence-corrected chi connectivity index (χ2v) is 6.07. The molecule has 1 fully saturated rings. The third-order valence-corrected chi connectivity index (χ3v) is 3.90. The highest BCUT2D eigenvalue weighted by molar-refractivity contribution is 5.72. The molecule has 1 aromatic rings. The quantitative estimate of drug-likeness (QED) is 0.854. The Morgan fingerprint density at radius 2 is 1.83 bits per heavy atom. The van der Waals surface area contributed by atoms with Crippen LogP contribution in [0, 0.1) is 0 Å². The zero-order valence-electron chi connectivity index (χ0n) is 14.9. The van der Waals surface area contributed by atoms with Gasteiger partial charge in [0, 0.05) is 6.04 Å². The van der Waals surface area contributed by atoms with E-state index < -0.39 is 5.97 Å². The molecule has 0 radical (unpaired) electrons. The van der Waals surface area contributed by atoms with Crippen molar-refractivity contribution in [2.45, 2.75) is 51.5 Å². The molecular formula is C19H29NO4. The van der Waals surface area contributed by atoms with Crippen molar-refractivity contribution in [3.8, 4) is 11.5 Å². The van der Waals surface area contributed by atoms with Crippen LogP contribution in [0.3, 0.4) is 0 Å². The van der Waals surface area contributed by atoms with Crippen LogP contribution in [0.5, 0.6) is 11.5 Å². The smallest absolute Gasteiger partial charge is 0.307 e. The van der Waals surface area contributed by atoms with Crippen LogP contribution >= 0.6 is 0 Å². The van der Waals surface area contributed by atoms with E-state index in [2.05, 4.69) is 0 Å². The average molecular weight is 335 g/mol. The molecule has 3 N–H and O–H groups in total. The Bertz CT molecular complexity index is 548. The van der Waals surface area contributed by atoms with E-state index in [1.54, 1.807) is 27.2 Å². The predicted molar refractivity (Wildman–Crippen MR) is 96.5 cm³/mol. The molecule has 1 aromatic carbocycles. The number of ether oxygens (including phenoxy) is 2. The summed E-state index contributed by atoms with van der Waals surface area (Å²) in [5.41, 5.74) is 7.31. The Morgan fingerprint density at radius 3 is 2.29 bits per heavy atom. The van der Waals surface area contributed by atoms with Crippen molar-refractivity contribution in [1.82, 2.24) is 0 Å². The number of methoxy groups -OCH3 is 2. The standard InChI is InChI=1S/C13H16O4.C6H13N/c1-9(7-13(14)15)6-10-4-5-11(16-2)12(8-10)17-3;7-6-4-2-1-3-5-6/h4-6,8H,7H2,1-3H3,(H,14,15);6H,1-5,7H2/b9-6+;. The van der Waals surface area contributed by atoms with Crippen molar-refractivity contribution in [2.24, 2.45) is 5.73 Å². The molecule has 0 aromatic heterocycles. The van der Waals surface area contributed by atoms with Gasteiger partial charge >= 0.3 is 5.97 Å². The summed E-state index contributed by atoms with van der Waals surface area (Å²) >= 11 is 0. The molecule has 1 aliphatic carbocycles. The molecule has 5 heteroatoms. The van der Waals surface area contributed by atoms with E-state index in [1.165, 1.54) is 32.1 Å². The second-order valence-electron chi connectivity index (χ2n) is 6.07. The minimum absolute atomic E-state index is 0.0361. The molecule has 0 saturated heterocycles. The summed E-state index contributed by atoms with van der Waals surface area (Å²) in [5.74, 6) is 0.448. The van der Waals surface area contributed by atoms with E-state index in [9.17, 15) is 4.79 Å². The van der Waals surface area contributed by atoms with Crippen molar-refractivity contribution in [2.75, 3.05) is 14.2 Å². The number of hydrogen-bond donors (Lipinski definition) is 2. The molecular weight excluding hydrogens is 306 g/mol. The number of carbonyl (C=O) groups is 1. The SMILES string of the molecule is COc1ccc(/C=C(\C)CC(=O)O)cc1OC.NC1CCCCC1. The van der Waals surface area contributed by atoms with E-state index in [0.717, 1.165) is 11.1 Å². The summed E-state index contributed by atoms with van der Waals surface area (Å²) in [5, 5.41) is 8.66. The van der Waals surface area contributed by atoms with Gasteiger partial charge in [-0.1, -0.05) is 37.0 Å². The molecule has 1 saturated carbocycles. The van der Waals surface area contributed by atoms with E-state index in [0.29, 0.717) is 17.5 Å². The van der Waals surface area contributed by atoms with Crippen molar-refractivity contribution in [1.29, 1.82) is 0 Å². The monoisotopic (exact) mass is 335 g/mol. The van der Waals surface area contributed by atoms with Crippen molar-refractivity contribution in [3.63, 3.8) is 0 Å². The van der Waals surface area contributed by atoms with Crippen LogP contribution in [-0.4, -0.2) is 31.3 Å². The lowest BCUT2D eigenvalue weighted by atomic mass is 9.97. The van der Waals surface area contributed by atoms with Crippen LogP contribution in [0.15, 0.2) is 23.8 Å². The lowest BCUT2D eigenvalue weighted by molar-refractivity contribution is -0.136. The summed E-state index contributed by atoms with van der Waals surface area (Å²) in [4.78, 5) is 10.5. The summed E-state index contributed by atoms with van der Waals surface area (Å²) in [7, 11) is 3.14. The molecule has 0 spiro atoms. The summed E-state index contributed by atoms with van der Waals surface area (Å²) in [6, 6.07) is 5.99. The first-order chi connectivity index (χ1) is 11.5. The van der Waals surface area contributed by atoms with Crippen LogP contribution in [0.2, 0.25) is 0 Å². The Balaban J connectivity index is 0.000000341. The Morgan fingerprint density at radius 1 is 1.21 bits per heavy atom. The molecule has 0 heterocycles. The van der Waals surface area contributed by atoms with Gasteiger partial charge in [-0.3, -0.25) is 4.79 Å². The van der Waals surface area contributed by atoms with Gasteiger partial charge in [0.05, 0.1) is 20.6 Å². The Hall–Kier alpha value is -2.01. The molecule has 0 aliphatic heterocycles. The van der Waals surface area contributed by atoms with Gasteiger partial charge in [-0.05, 0) is 37.5 Å². The van der Waals surface area contributed by atoms with Gasteiger partial charge in [0.25, 0.3) is 0 Å². The predicted octanol–water partition coefficient (Wildman–Crippen LogP) is 3.86. The summed E-state index contributed by atoms with van der Waals surface area (Å²) in [6.07, 6.45) is 8.51. The minimum atomic E-state index is -0.834. The van der Waals surface area contributed by atoms with Gasteiger partial charge in [0.15, 0.2) is 11.5 Å². The lowest BCUT2D eigenvalue weighted by Gasteiger charge is -2.15. The first-order valence-corrected chi connectivity index (χ1v) is 8.32.